The molecule has 5 N–H and O–H groups in total. The van der Waals surface area contributed by atoms with Crippen molar-refractivity contribution in [3.8, 4) is 0 Å². The lowest BCUT2D eigenvalue weighted by Gasteiger charge is -2.09. The lowest BCUT2D eigenvalue weighted by atomic mass is 10.2. The van der Waals surface area contributed by atoms with E-state index in [1.54, 1.807) is 18.3 Å². The monoisotopic (exact) mass is 206 g/mol. The molecule has 0 aliphatic heterocycles. The number of nitrogen functional groups attached to an aromatic ring is 1. The Balaban J connectivity index is 1.88. The molecular formula is C10H14N4O. The largest absolute Gasteiger partial charge is 0.397 e. The van der Waals surface area contributed by atoms with Crippen molar-refractivity contribution in [1.29, 1.82) is 0 Å². The fourth-order valence-corrected chi connectivity index (χ4v) is 1.25. The van der Waals surface area contributed by atoms with Crippen LogP contribution in [0.3, 0.4) is 0 Å². The fraction of sp³-hybridized carbons (Fsp3) is 0.400. The number of nitrogens with zero attached hydrogens (tertiary/aromatic N) is 1. The molecule has 0 unspecified atom stereocenters. The van der Waals surface area contributed by atoms with Crippen molar-refractivity contribution in [3.05, 3.63) is 24.0 Å². The topological polar surface area (TPSA) is 94.0 Å². The van der Waals surface area contributed by atoms with Gasteiger partial charge in [-0.05, 0) is 25.0 Å². The molecule has 0 aromatic carbocycles. The van der Waals surface area contributed by atoms with Crippen LogP contribution in [0.15, 0.2) is 18.3 Å². The van der Waals surface area contributed by atoms with Gasteiger partial charge in [0.05, 0.1) is 29.7 Å². The number of nitrogens with one attached hydrogen (secondary N) is 1. The van der Waals surface area contributed by atoms with Crippen molar-refractivity contribution in [2.24, 2.45) is 5.73 Å². The normalized spacial score (nSPS) is 17.1. The molecule has 0 radical (unpaired) electrons. The van der Waals surface area contributed by atoms with E-state index in [0.717, 1.165) is 18.5 Å². The van der Waals surface area contributed by atoms with Crippen LogP contribution in [0.25, 0.3) is 0 Å². The Morgan fingerprint density at radius 1 is 1.53 bits per heavy atom. The fourth-order valence-electron chi connectivity index (χ4n) is 1.25. The van der Waals surface area contributed by atoms with E-state index in [0.29, 0.717) is 12.2 Å². The average Bonchev–Trinajstić information content (AvgIpc) is 2.97. The molecule has 1 fully saturated rings. The van der Waals surface area contributed by atoms with E-state index in [9.17, 15) is 4.79 Å². The summed E-state index contributed by atoms with van der Waals surface area (Å²) in [6, 6.07) is 3.54. The van der Waals surface area contributed by atoms with Crippen LogP contribution in [0, 0.1) is 0 Å². The number of carbonyl (C=O) groups is 1. The third kappa shape index (κ3) is 2.24. The van der Waals surface area contributed by atoms with E-state index in [-0.39, 0.29) is 5.91 Å². The summed E-state index contributed by atoms with van der Waals surface area (Å²) in [7, 11) is 0. The van der Waals surface area contributed by atoms with Gasteiger partial charge in [0.15, 0.2) is 0 Å². The third-order valence-electron chi connectivity index (χ3n) is 2.52. The molecule has 0 atom stereocenters. The SMILES string of the molecule is Nc1ccc(CNC(=O)C2(N)CC2)nc1. The summed E-state index contributed by atoms with van der Waals surface area (Å²) in [6.45, 7) is 0.401. The smallest absolute Gasteiger partial charge is 0.240 e. The van der Waals surface area contributed by atoms with E-state index >= 15 is 0 Å². The molecule has 5 heteroatoms. The van der Waals surface area contributed by atoms with Gasteiger partial charge in [0.1, 0.15) is 0 Å². The van der Waals surface area contributed by atoms with Gasteiger partial charge in [-0.25, -0.2) is 0 Å². The number of anilines is 1. The first kappa shape index (κ1) is 9.92. The van der Waals surface area contributed by atoms with Crippen molar-refractivity contribution in [2.75, 3.05) is 5.73 Å². The molecule has 15 heavy (non-hydrogen) atoms. The number of hydrogen-bond acceptors (Lipinski definition) is 4. The van der Waals surface area contributed by atoms with Crippen molar-refractivity contribution in [1.82, 2.24) is 10.3 Å². The summed E-state index contributed by atoms with van der Waals surface area (Å²) in [6.07, 6.45) is 3.11. The summed E-state index contributed by atoms with van der Waals surface area (Å²) in [5.41, 5.74) is 12.0. The number of nitrogens with two attached hydrogens (primary N) is 2. The van der Waals surface area contributed by atoms with Crippen LogP contribution in [0.1, 0.15) is 18.5 Å². The van der Waals surface area contributed by atoms with Gasteiger partial charge in [0, 0.05) is 0 Å². The summed E-state index contributed by atoms with van der Waals surface area (Å²) in [5, 5.41) is 2.75. The number of pyridine rings is 1. The summed E-state index contributed by atoms with van der Waals surface area (Å²) < 4.78 is 0. The summed E-state index contributed by atoms with van der Waals surface area (Å²) in [4.78, 5) is 15.6. The second-order valence-corrected chi connectivity index (χ2v) is 3.92. The predicted molar refractivity (Wildman–Crippen MR) is 56.6 cm³/mol. The van der Waals surface area contributed by atoms with E-state index in [2.05, 4.69) is 10.3 Å². The van der Waals surface area contributed by atoms with Crippen LogP contribution in [-0.4, -0.2) is 16.4 Å². The molecule has 1 amide bonds. The Hall–Kier alpha value is -1.62. The van der Waals surface area contributed by atoms with Gasteiger partial charge >= 0.3 is 0 Å². The van der Waals surface area contributed by atoms with E-state index in [1.165, 1.54) is 0 Å². The quantitative estimate of drug-likeness (QED) is 0.636. The average molecular weight is 206 g/mol. The molecular weight excluding hydrogens is 192 g/mol. The third-order valence-corrected chi connectivity index (χ3v) is 2.52. The van der Waals surface area contributed by atoms with Crippen LogP contribution in [-0.2, 0) is 11.3 Å². The Labute approximate surface area is 87.9 Å². The molecule has 1 aliphatic carbocycles. The highest BCUT2D eigenvalue weighted by Crippen LogP contribution is 2.32. The van der Waals surface area contributed by atoms with Gasteiger partial charge in [0.25, 0.3) is 0 Å². The van der Waals surface area contributed by atoms with Gasteiger partial charge in [0.2, 0.25) is 5.91 Å². The number of aromatic nitrogens is 1. The van der Waals surface area contributed by atoms with Crippen LogP contribution < -0.4 is 16.8 Å². The Morgan fingerprint density at radius 3 is 2.80 bits per heavy atom. The maximum absolute atomic E-state index is 11.5. The minimum atomic E-state index is -0.617. The van der Waals surface area contributed by atoms with Crippen LogP contribution in [0.2, 0.25) is 0 Å². The first-order chi connectivity index (χ1) is 7.10. The molecule has 1 saturated carbocycles. The molecule has 0 saturated heterocycles. The maximum atomic E-state index is 11.5. The van der Waals surface area contributed by atoms with E-state index < -0.39 is 5.54 Å². The Bertz CT molecular complexity index is 370. The number of carbonyl (C=O) groups excluding carboxylic acids is 1. The lowest BCUT2D eigenvalue weighted by molar-refractivity contribution is -0.123. The number of amides is 1. The number of rotatable bonds is 3. The van der Waals surface area contributed by atoms with Crippen molar-refractivity contribution >= 4 is 11.6 Å². The second-order valence-electron chi connectivity index (χ2n) is 3.92. The lowest BCUT2D eigenvalue weighted by Crippen LogP contribution is -2.42. The van der Waals surface area contributed by atoms with Gasteiger partial charge in [-0.15, -0.1) is 0 Å². The predicted octanol–water partition coefficient (Wildman–Crippen LogP) is -0.229. The van der Waals surface area contributed by atoms with Crippen molar-refractivity contribution in [2.45, 2.75) is 24.9 Å². The Kier molecular flexibility index (Phi) is 2.32. The van der Waals surface area contributed by atoms with Gasteiger partial charge in [-0.2, -0.15) is 0 Å². The summed E-state index contributed by atoms with van der Waals surface area (Å²) in [5.74, 6) is -0.0962. The van der Waals surface area contributed by atoms with Crippen LogP contribution in [0.5, 0.6) is 0 Å². The summed E-state index contributed by atoms with van der Waals surface area (Å²) >= 11 is 0. The molecule has 1 aliphatic rings. The van der Waals surface area contributed by atoms with Crippen molar-refractivity contribution < 1.29 is 4.79 Å². The maximum Gasteiger partial charge on any atom is 0.240 e. The van der Waals surface area contributed by atoms with E-state index in [4.69, 9.17) is 11.5 Å². The zero-order valence-corrected chi connectivity index (χ0v) is 8.36. The first-order valence-corrected chi connectivity index (χ1v) is 4.88. The van der Waals surface area contributed by atoms with Crippen molar-refractivity contribution in [3.63, 3.8) is 0 Å². The van der Waals surface area contributed by atoms with E-state index in [1.807, 2.05) is 0 Å². The minimum Gasteiger partial charge on any atom is -0.397 e. The zero-order chi connectivity index (χ0) is 10.9. The zero-order valence-electron chi connectivity index (χ0n) is 8.36. The highest BCUT2D eigenvalue weighted by molar-refractivity contribution is 5.88. The second kappa shape index (κ2) is 3.51. The Morgan fingerprint density at radius 2 is 2.27 bits per heavy atom. The molecule has 1 aromatic rings. The molecule has 2 rings (SSSR count). The van der Waals surface area contributed by atoms with Gasteiger partial charge < -0.3 is 16.8 Å². The molecule has 80 valence electrons. The molecule has 1 aromatic heterocycles. The molecule has 1 heterocycles. The first-order valence-electron chi connectivity index (χ1n) is 4.88. The van der Waals surface area contributed by atoms with Gasteiger partial charge in [-0.3, -0.25) is 9.78 Å². The minimum absolute atomic E-state index is 0.0962. The van der Waals surface area contributed by atoms with Gasteiger partial charge in [-0.1, -0.05) is 0 Å². The van der Waals surface area contributed by atoms with Crippen LogP contribution in [0.4, 0.5) is 5.69 Å². The van der Waals surface area contributed by atoms with Crippen LogP contribution >= 0.6 is 0 Å². The standard InChI is InChI=1S/C10H14N4O/c11-7-1-2-8(13-5-7)6-14-9(15)10(12)3-4-10/h1-2,5H,3-4,6,11-12H2,(H,14,15). The highest BCUT2D eigenvalue weighted by Gasteiger charge is 2.45. The number of hydrogen-bond donors (Lipinski definition) is 3. The molecule has 5 nitrogen and oxygen atoms in total. The molecule has 0 bridgehead atoms. The highest BCUT2D eigenvalue weighted by atomic mass is 16.2. The molecule has 0 spiro atoms.